The van der Waals surface area contributed by atoms with E-state index in [0.29, 0.717) is 22.5 Å². The number of halogens is 3. The summed E-state index contributed by atoms with van der Waals surface area (Å²) in [6.45, 7) is -0.0199. The summed E-state index contributed by atoms with van der Waals surface area (Å²) < 4.78 is 40.9. The lowest BCUT2D eigenvalue weighted by Crippen LogP contribution is -2.53. The number of nitrogens with two attached hydrogens (primary N) is 1. The highest BCUT2D eigenvalue weighted by Crippen LogP contribution is 2.28. The Morgan fingerprint density at radius 3 is 2.65 bits per heavy atom. The SMILES string of the molecule is N[C@@H](CC(=O)NC1Cc2ncccc2N(Cc2ccc(F)c(F)c2)C1=O)Cc1ccccc1F. The maximum absolute atomic E-state index is 13.9. The van der Waals surface area contributed by atoms with Gasteiger partial charge in [-0.25, -0.2) is 13.2 Å². The zero-order chi connectivity index (χ0) is 24.2. The Hall–Kier alpha value is -3.72. The highest BCUT2D eigenvalue weighted by Gasteiger charge is 2.34. The number of nitrogens with one attached hydrogen (secondary N) is 1. The standard InChI is InChI=1S/C25H23F3N4O2/c26-18-5-2-1-4-16(18)11-17(29)12-24(33)31-22-13-21-23(6-3-9-30-21)32(25(22)34)14-15-7-8-19(27)20(28)10-15/h1-10,17,22H,11-14,29H2,(H,31,33)/t17-,22?/m1/s1. The number of carbonyl (C=O) groups is 2. The van der Waals surface area contributed by atoms with Crippen molar-refractivity contribution in [3.8, 4) is 0 Å². The number of anilines is 1. The van der Waals surface area contributed by atoms with Crippen LogP contribution in [0.3, 0.4) is 0 Å². The van der Waals surface area contributed by atoms with Crippen LogP contribution in [0.15, 0.2) is 60.8 Å². The molecule has 0 bridgehead atoms. The third kappa shape index (κ3) is 5.26. The van der Waals surface area contributed by atoms with Gasteiger partial charge in [-0.05, 0) is 47.9 Å². The smallest absolute Gasteiger partial charge is 0.250 e. The predicted octanol–water partition coefficient (Wildman–Crippen LogP) is 3.03. The third-order valence-electron chi connectivity index (χ3n) is 5.67. The molecule has 3 aromatic rings. The monoisotopic (exact) mass is 468 g/mol. The average Bonchev–Trinajstić information content (AvgIpc) is 2.80. The van der Waals surface area contributed by atoms with E-state index < -0.39 is 41.3 Å². The van der Waals surface area contributed by atoms with Gasteiger partial charge in [0.2, 0.25) is 11.8 Å². The van der Waals surface area contributed by atoms with E-state index in [1.54, 1.807) is 36.5 Å². The lowest BCUT2D eigenvalue weighted by atomic mass is 9.99. The highest BCUT2D eigenvalue weighted by molar-refractivity contribution is 6.01. The maximum Gasteiger partial charge on any atom is 0.250 e. The van der Waals surface area contributed by atoms with Gasteiger partial charge >= 0.3 is 0 Å². The van der Waals surface area contributed by atoms with Crippen molar-refractivity contribution in [1.82, 2.24) is 10.3 Å². The first-order chi connectivity index (χ1) is 16.3. The van der Waals surface area contributed by atoms with Crippen molar-refractivity contribution in [2.45, 2.75) is 37.9 Å². The molecule has 2 heterocycles. The molecule has 6 nitrogen and oxygen atoms in total. The Balaban J connectivity index is 1.46. The quantitative estimate of drug-likeness (QED) is 0.558. The molecule has 3 N–H and O–H groups in total. The van der Waals surface area contributed by atoms with Crippen LogP contribution in [0.25, 0.3) is 0 Å². The first kappa shape index (κ1) is 23.4. The molecule has 34 heavy (non-hydrogen) atoms. The van der Waals surface area contributed by atoms with Crippen LogP contribution in [0.1, 0.15) is 23.2 Å². The summed E-state index contributed by atoms with van der Waals surface area (Å²) in [6, 6.07) is 11.5. The average molecular weight is 468 g/mol. The molecule has 0 saturated heterocycles. The maximum atomic E-state index is 13.9. The first-order valence-electron chi connectivity index (χ1n) is 10.8. The van der Waals surface area contributed by atoms with Gasteiger partial charge in [0.25, 0.3) is 0 Å². The van der Waals surface area contributed by atoms with Gasteiger partial charge in [-0.15, -0.1) is 0 Å². The Morgan fingerprint density at radius 2 is 1.88 bits per heavy atom. The van der Waals surface area contributed by atoms with E-state index in [0.717, 1.165) is 12.1 Å². The first-order valence-corrected chi connectivity index (χ1v) is 10.8. The number of pyridine rings is 1. The van der Waals surface area contributed by atoms with Gasteiger partial charge in [0.05, 0.1) is 17.9 Å². The fraction of sp³-hybridized carbons (Fsp3) is 0.240. The number of carbonyl (C=O) groups excluding carboxylic acids is 2. The van der Waals surface area contributed by atoms with E-state index in [1.165, 1.54) is 17.0 Å². The molecular weight excluding hydrogens is 445 g/mol. The van der Waals surface area contributed by atoms with Crippen molar-refractivity contribution in [1.29, 1.82) is 0 Å². The van der Waals surface area contributed by atoms with Crippen molar-refractivity contribution < 1.29 is 22.8 Å². The van der Waals surface area contributed by atoms with E-state index in [9.17, 15) is 22.8 Å². The lowest BCUT2D eigenvalue weighted by Gasteiger charge is -2.34. The number of amides is 2. The topological polar surface area (TPSA) is 88.3 Å². The molecule has 1 unspecified atom stereocenters. The minimum Gasteiger partial charge on any atom is -0.344 e. The number of nitrogens with zero attached hydrogens (tertiary/aromatic N) is 2. The normalized spacial score (nSPS) is 16.2. The summed E-state index contributed by atoms with van der Waals surface area (Å²) in [4.78, 5) is 31.6. The van der Waals surface area contributed by atoms with Gasteiger partial charge in [0.1, 0.15) is 11.9 Å². The molecular formula is C25H23F3N4O2. The largest absolute Gasteiger partial charge is 0.344 e. The van der Waals surface area contributed by atoms with Crippen molar-refractivity contribution in [3.63, 3.8) is 0 Å². The molecule has 2 aromatic carbocycles. The summed E-state index contributed by atoms with van der Waals surface area (Å²) in [5, 5.41) is 2.70. The van der Waals surface area contributed by atoms with Crippen molar-refractivity contribution in [2.75, 3.05) is 4.90 Å². The number of benzene rings is 2. The Kier molecular flexibility index (Phi) is 6.93. The van der Waals surface area contributed by atoms with Gasteiger partial charge in [-0.1, -0.05) is 24.3 Å². The molecule has 1 aromatic heterocycles. The van der Waals surface area contributed by atoms with E-state index >= 15 is 0 Å². The molecule has 4 rings (SSSR count). The highest BCUT2D eigenvalue weighted by atomic mass is 19.2. The van der Waals surface area contributed by atoms with E-state index in [4.69, 9.17) is 5.73 Å². The second-order valence-electron chi connectivity index (χ2n) is 8.23. The minimum absolute atomic E-state index is 0.0199. The molecule has 1 aliphatic rings. The van der Waals surface area contributed by atoms with Crippen LogP contribution in [0.4, 0.5) is 18.9 Å². The molecule has 0 aliphatic carbocycles. The van der Waals surface area contributed by atoms with Crippen molar-refractivity contribution in [2.24, 2.45) is 5.73 Å². The van der Waals surface area contributed by atoms with Crippen LogP contribution in [-0.4, -0.2) is 28.9 Å². The van der Waals surface area contributed by atoms with Crippen LogP contribution in [0.5, 0.6) is 0 Å². The number of rotatable bonds is 7. The molecule has 176 valence electrons. The summed E-state index contributed by atoms with van der Waals surface area (Å²) in [7, 11) is 0. The van der Waals surface area contributed by atoms with Crippen LogP contribution in [-0.2, 0) is 29.0 Å². The van der Waals surface area contributed by atoms with Gasteiger partial charge in [-0.2, -0.15) is 0 Å². The van der Waals surface area contributed by atoms with Gasteiger partial charge in [0, 0.05) is 25.1 Å². The van der Waals surface area contributed by atoms with Crippen molar-refractivity contribution in [3.05, 3.63) is 95.1 Å². The molecule has 2 amide bonds. The zero-order valence-corrected chi connectivity index (χ0v) is 18.2. The van der Waals surface area contributed by atoms with E-state index in [1.807, 2.05) is 0 Å². The summed E-state index contributed by atoms with van der Waals surface area (Å²) in [5.41, 5.74) is 7.97. The molecule has 0 fully saturated rings. The summed E-state index contributed by atoms with van der Waals surface area (Å²) in [6.07, 6.45) is 1.83. The third-order valence-corrected chi connectivity index (χ3v) is 5.67. The van der Waals surface area contributed by atoms with E-state index in [-0.39, 0.29) is 25.8 Å². The lowest BCUT2D eigenvalue weighted by molar-refractivity contribution is -0.128. The molecule has 0 saturated carbocycles. The summed E-state index contributed by atoms with van der Waals surface area (Å²) in [5.74, 6) is -3.23. The second-order valence-corrected chi connectivity index (χ2v) is 8.23. The van der Waals surface area contributed by atoms with E-state index in [2.05, 4.69) is 10.3 Å². The van der Waals surface area contributed by atoms with Crippen LogP contribution >= 0.6 is 0 Å². The molecule has 1 aliphatic heterocycles. The Labute approximate surface area is 194 Å². The Bertz CT molecular complexity index is 1220. The molecule has 9 heteroatoms. The van der Waals surface area contributed by atoms with Gasteiger partial charge in [-0.3, -0.25) is 14.6 Å². The molecule has 2 atom stereocenters. The number of hydrogen-bond donors (Lipinski definition) is 2. The van der Waals surface area contributed by atoms with Crippen LogP contribution in [0.2, 0.25) is 0 Å². The number of hydrogen-bond acceptors (Lipinski definition) is 4. The van der Waals surface area contributed by atoms with Gasteiger partial charge in [0.15, 0.2) is 11.6 Å². The fourth-order valence-corrected chi connectivity index (χ4v) is 4.03. The van der Waals surface area contributed by atoms with Gasteiger partial charge < -0.3 is 16.0 Å². The van der Waals surface area contributed by atoms with Crippen molar-refractivity contribution >= 4 is 17.5 Å². The van der Waals surface area contributed by atoms with Crippen LogP contribution < -0.4 is 16.0 Å². The summed E-state index contributed by atoms with van der Waals surface area (Å²) >= 11 is 0. The molecule has 0 spiro atoms. The molecule has 0 radical (unpaired) electrons. The fourth-order valence-electron chi connectivity index (χ4n) is 4.03. The minimum atomic E-state index is -1.01. The van der Waals surface area contributed by atoms with Crippen LogP contribution in [0, 0.1) is 17.5 Å². The zero-order valence-electron chi connectivity index (χ0n) is 18.2. The predicted molar refractivity (Wildman–Crippen MR) is 120 cm³/mol. The number of fused-ring (bicyclic) bond motifs is 1. The number of aromatic nitrogens is 1. The Morgan fingerprint density at radius 1 is 1.09 bits per heavy atom. The second kappa shape index (κ2) is 10.0.